The summed E-state index contributed by atoms with van der Waals surface area (Å²) in [6, 6.07) is 7.72. The lowest BCUT2D eigenvalue weighted by Gasteiger charge is -2.20. The van der Waals surface area contributed by atoms with E-state index >= 15 is 0 Å². The van der Waals surface area contributed by atoms with Gasteiger partial charge in [-0.2, -0.15) is 0 Å². The molecule has 0 radical (unpaired) electrons. The Kier molecular flexibility index (Phi) is 6.19. The van der Waals surface area contributed by atoms with E-state index in [0.29, 0.717) is 5.56 Å². The van der Waals surface area contributed by atoms with E-state index in [9.17, 15) is 4.79 Å². The molecule has 0 unspecified atom stereocenters. The van der Waals surface area contributed by atoms with E-state index in [0.717, 1.165) is 28.8 Å². The number of fused-ring (bicyclic) bond motifs is 1. The highest BCUT2D eigenvalue weighted by Gasteiger charge is 2.06. The molecule has 0 bridgehead atoms. The van der Waals surface area contributed by atoms with Crippen molar-refractivity contribution in [1.82, 2.24) is 19.4 Å². The van der Waals surface area contributed by atoms with Crippen molar-refractivity contribution in [3.05, 3.63) is 48.4 Å². The monoisotopic (exact) mass is 365 g/mol. The van der Waals surface area contributed by atoms with Gasteiger partial charge in [-0.05, 0) is 57.2 Å². The standard InChI is InChI=1S/C15H14N4O.C6H13N/c1-18(2)14-4-3-13(9-16-14)19-6-5-12-7-11(10-20)8-17-15(12)19;1-7-5-3-2-4-6-7/h3-10H,1-2H3;2-6H2,1H3. The fraction of sp³-hybridized carbons (Fsp3) is 0.381. The van der Waals surface area contributed by atoms with Gasteiger partial charge in [0, 0.05) is 37.4 Å². The van der Waals surface area contributed by atoms with Crippen molar-refractivity contribution in [1.29, 1.82) is 0 Å². The smallest absolute Gasteiger partial charge is 0.151 e. The maximum Gasteiger partial charge on any atom is 0.151 e. The second-order valence-corrected chi connectivity index (χ2v) is 7.12. The molecule has 27 heavy (non-hydrogen) atoms. The van der Waals surface area contributed by atoms with Crippen LogP contribution in [-0.2, 0) is 0 Å². The van der Waals surface area contributed by atoms with Gasteiger partial charge in [0.15, 0.2) is 6.29 Å². The third-order valence-corrected chi connectivity index (χ3v) is 4.73. The molecular formula is C21H27N5O. The second-order valence-electron chi connectivity index (χ2n) is 7.12. The van der Waals surface area contributed by atoms with E-state index in [1.54, 1.807) is 6.20 Å². The highest BCUT2D eigenvalue weighted by atomic mass is 16.1. The number of carbonyl (C=O) groups is 1. The van der Waals surface area contributed by atoms with Crippen LogP contribution in [0.25, 0.3) is 16.7 Å². The third-order valence-electron chi connectivity index (χ3n) is 4.73. The minimum Gasteiger partial charge on any atom is -0.363 e. The van der Waals surface area contributed by atoms with Crippen LogP contribution in [0.5, 0.6) is 0 Å². The van der Waals surface area contributed by atoms with Crippen molar-refractivity contribution in [3.8, 4) is 5.69 Å². The number of carbonyl (C=O) groups excluding carboxylic acids is 1. The Morgan fingerprint density at radius 1 is 1.04 bits per heavy atom. The van der Waals surface area contributed by atoms with Crippen LogP contribution in [0.2, 0.25) is 0 Å². The molecule has 6 heteroatoms. The quantitative estimate of drug-likeness (QED) is 0.666. The zero-order valence-corrected chi connectivity index (χ0v) is 16.3. The number of aromatic nitrogens is 3. The molecule has 4 heterocycles. The van der Waals surface area contributed by atoms with E-state index in [2.05, 4.69) is 21.9 Å². The Labute approximate surface area is 160 Å². The first kappa shape index (κ1) is 19.0. The van der Waals surface area contributed by atoms with E-state index in [1.165, 1.54) is 32.4 Å². The van der Waals surface area contributed by atoms with E-state index in [4.69, 9.17) is 0 Å². The first-order chi connectivity index (χ1) is 13.1. The van der Waals surface area contributed by atoms with Gasteiger partial charge in [-0.1, -0.05) is 6.42 Å². The van der Waals surface area contributed by atoms with Crippen LogP contribution in [0.3, 0.4) is 0 Å². The van der Waals surface area contributed by atoms with Gasteiger partial charge in [0.25, 0.3) is 0 Å². The molecular weight excluding hydrogens is 338 g/mol. The van der Waals surface area contributed by atoms with Gasteiger partial charge < -0.3 is 9.80 Å². The first-order valence-corrected chi connectivity index (χ1v) is 9.33. The summed E-state index contributed by atoms with van der Waals surface area (Å²) >= 11 is 0. The molecule has 142 valence electrons. The van der Waals surface area contributed by atoms with Crippen LogP contribution in [0, 0.1) is 0 Å². The number of pyridine rings is 2. The maximum absolute atomic E-state index is 10.8. The normalized spacial score (nSPS) is 14.5. The molecule has 1 fully saturated rings. The van der Waals surface area contributed by atoms with Crippen LogP contribution in [0.15, 0.2) is 42.9 Å². The maximum atomic E-state index is 10.8. The fourth-order valence-electron chi connectivity index (χ4n) is 3.15. The molecule has 3 aromatic heterocycles. The van der Waals surface area contributed by atoms with Crippen LogP contribution < -0.4 is 4.90 Å². The Morgan fingerprint density at radius 3 is 2.37 bits per heavy atom. The number of hydrogen-bond donors (Lipinski definition) is 0. The van der Waals surface area contributed by atoms with Crippen molar-refractivity contribution in [2.24, 2.45) is 0 Å². The number of aldehydes is 1. The van der Waals surface area contributed by atoms with E-state index in [-0.39, 0.29) is 0 Å². The minimum atomic E-state index is 0.580. The summed E-state index contributed by atoms with van der Waals surface area (Å²) < 4.78 is 1.95. The lowest BCUT2D eigenvalue weighted by atomic mass is 10.1. The van der Waals surface area contributed by atoms with Crippen molar-refractivity contribution in [2.45, 2.75) is 19.3 Å². The third kappa shape index (κ3) is 4.71. The largest absolute Gasteiger partial charge is 0.363 e. The molecule has 0 aliphatic carbocycles. The van der Waals surface area contributed by atoms with Crippen molar-refractivity contribution < 1.29 is 4.79 Å². The average Bonchev–Trinajstić information content (AvgIpc) is 3.12. The Morgan fingerprint density at radius 2 is 1.81 bits per heavy atom. The molecule has 3 aromatic rings. The number of likely N-dealkylation sites (tertiary alicyclic amines) is 1. The summed E-state index contributed by atoms with van der Waals surface area (Å²) in [5, 5.41) is 0.936. The molecule has 0 amide bonds. The molecule has 0 aromatic carbocycles. The van der Waals surface area contributed by atoms with Crippen LogP contribution >= 0.6 is 0 Å². The van der Waals surface area contributed by atoms with Crippen molar-refractivity contribution >= 4 is 23.1 Å². The zero-order valence-electron chi connectivity index (χ0n) is 16.3. The Bertz CT molecular complexity index is 879. The van der Waals surface area contributed by atoms with Gasteiger partial charge in [0.1, 0.15) is 11.5 Å². The molecule has 1 aliphatic heterocycles. The molecule has 0 saturated carbocycles. The SMILES string of the molecule is CN(C)c1ccc(-n2ccc3cc(C=O)cnc32)cn1.CN1CCCCC1. The lowest BCUT2D eigenvalue weighted by Crippen LogP contribution is -2.24. The Balaban J connectivity index is 0.000000253. The van der Waals surface area contributed by atoms with Crippen LogP contribution in [0.4, 0.5) is 5.82 Å². The zero-order chi connectivity index (χ0) is 19.2. The average molecular weight is 365 g/mol. The topological polar surface area (TPSA) is 54.3 Å². The Hall–Kier alpha value is -2.73. The number of anilines is 1. The fourth-order valence-corrected chi connectivity index (χ4v) is 3.15. The van der Waals surface area contributed by atoms with Gasteiger partial charge in [-0.15, -0.1) is 0 Å². The summed E-state index contributed by atoms with van der Waals surface area (Å²) in [7, 11) is 6.10. The predicted molar refractivity (Wildman–Crippen MR) is 110 cm³/mol. The number of rotatable bonds is 3. The lowest BCUT2D eigenvalue weighted by molar-refractivity contribution is 0.112. The molecule has 0 spiro atoms. The summed E-state index contributed by atoms with van der Waals surface area (Å²) in [5.74, 6) is 0.904. The van der Waals surface area contributed by atoms with Crippen molar-refractivity contribution in [3.63, 3.8) is 0 Å². The van der Waals surface area contributed by atoms with Gasteiger partial charge in [-0.25, -0.2) is 9.97 Å². The van der Waals surface area contributed by atoms with Crippen molar-refractivity contribution in [2.75, 3.05) is 39.1 Å². The van der Waals surface area contributed by atoms with E-state index < -0.39 is 0 Å². The van der Waals surface area contributed by atoms with E-state index in [1.807, 2.05) is 60.2 Å². The molecule has 6 nitrogen and oxygen atoms in total. The summed E-state index contributed by atoms with van der Waals surface area (Å²) in [6.07, 6.45) is 10.4. The number of piperidine rings is 1. The minimum absolute atomic E-state index is 0.580. The summed E-state index contributed by atoms with van der Waals surface area (Å²) in [4.78, 5) is 23.8. The molecule has 0 atom stereocenters. The second kappa shape index (κ2) is 8.77. The number of hydrogen-bond acceptors (Lipinski definition) is 5. The van der Waals surface area contributed by atoms with Crippen LogP contribution in [0.1, 0.15) is 29.6 Å². The van der Waals surface area contributed by atoms with Gasteiger partial charge in [-0.3, -0.25) is 9.36 Å². The molecule has 0 N–H and O–H groups in total. The first-order valence-electron chi connectivity index (χ1n) is 9.33. The van der Waals surface area contributed by atoms with Gasteiger partial charge in [0.05, 0.1) is 11.9 Å². The van der Waals surface area contributed by atoms with Gasteiger partial charge >= 0.3 is 0 Å². The van der Waals surface area contributed by atoms with Gasteiger partial charge in [0.2, 0.25) is 0 Å². The highest BCUT2D eigenvalue weighted by Crippen LogP contribution is 2.20. The molecule has 1 aliphatic rings. The summed E-state index contributed by atoms with van der Waals surface area (Å²) in [6.45, 7) is 2.64. The molecule has 1 saturated heterocycles. The van der Waals surface area contributed by atoms with Crippen LogP contribution in [-0.4, -0.2) is 60.0 Å². The number of nitrogens with zero attached hydrogens (tertiary/aromatic N) is 5. The highest BCUT2D eigenvalue weighted by molar-refractivity contribution is 5.85. The summed E-state index contributed by atoms with van der Waals surface area (Å²) in [5.41, 5.74) is 2.34. The predicted octanol–water partition coefficient (Wildman–Crippen LogP) is 3.40. The molecule has 4 rings (SSSR count).